The zero-order valence-electron chi connectivity index (χ0n) is 23.4. The molecule has 4 rings (SSSR count). The predicted molar refractivity (Wildman–Crippen MR) is 143 cm³/mol. The summed E-state index contributed by atoms with van der Waals surface area (Å²) in [6.45, 7) is 10.6. The third-order valence-electron chi connectivity index (χ3n) is 11.3. The number of esters is 1. The van der Waals surface area contributed by atoms with Crippen LogP contribution in [0.15, 0.2) is 22.8 Å². The van der Waals surface area contributed by atoms with Crippen molar-refractivity contribution in [3.8, 4) is 0 Å². The molecule has 6 N–H and O–H groups in total. The van der Waals surface area contributed by atoms with E-state index in [0.717, 1.165) is 43.3 Å². The second kappa shape index (κ2) is 10.1. The average molecular weight is 517 g/mol. The number of fused-ring (bicyclic) bond motifs is 5. The molecule has 9 atom stereocenters. The summed E-state index contributed by atoms with van der Waals surface area (Å²) in [6, 6.07) is -0.221. The Bertz CT molecular complexity index is 986. The third-order valence-corrected chi connectivity index (χ3v) is 11.3. The van der Waals surface area contributed by atoms with Crippen molar-refractivity contribution in [1.82, 2.24) is 0 Å². The summed E-state index contributed by atoms with van der Waals surface area (Å²) in [6.07, 6.45) is 8.02. The quantitative estimate of drug-likeness (QED) is 0.234. The first-order valence-electron chi connectivity index (χ1n) is 14.2. The number of aliphatic hydroxyl groups excluding tert-OH is 1. The second-order valence-electron chi connectivity index (χ2n) is 13.2. The number of carbonyl (C=O) groups excluding carboxylic acids is 1. The second-order valence-corrected chi connectivity index (χ2v) is 13.2. The fraction of sp³-hybridized carbons (Fsp3) is 0.800. The predicted octanol–water partition coefficient (Wildman–Crippen LogP) is 4.33. The van der Waals surface area contributed by atoms with E-state index in [1.165, 1.54) is 6.92 Å². The number of rotatable bonds is 6. The number of aliphatic carboxylic acids is 1. The normalized spacial score (nSPS) is 44.2. The van der Waals surface area contributed by atoms with E-state index in [1.807, 2.05) is 13.8 Å². The highest BCUT2D eigenvalue weighted by molar-refractivity contribution is 5.88. The first-order chi connectivity index (χ1) is 17.3. The maximum absolute atomic E-state index is 12.6. The Morgan fingerprint density at radius 3 is 2.41 bits per heavy atom. The Kier molecular flexibility index (Phi) is 7.75. The number of hydrogen-bond donors (Lipinski definition) is 4. The van der Waals surface area contributed by atoms with Crippen LogP contribution in [0, 0.1) is 34.0 Å². The van der Waals surface area contributed by atoms with Crippen LogP contribution >= 0.6 is 0 Å². The minimum atomic E-state index is -0.912. The Morgan fingerprint density at radius 1 is 1.11 bits per heavy atom. The van der Waals surface area contributed by atoms with Crippen molar-refractivity contribution < 1.29 is 24.5 Å². The molecule has 0 bridgehead atoms. The van der Waals surface area contributed by atoms with Gasteiger partial charge < -0.3 is 26.4 Å². The highest BCUT2D eigenvalue weighted by Gasteiger charge is 2.70. The Morgan fingerprint density at radius 2 is 1.81 bits per heavy atom. The molecule has 4 saturated carbocycles. The number of carboxylic acids is 1. The van der Waals surface area contributed by atoms with Gasteiger partial charge in [0.15, 0.2) is 0 Å². The monoisotopic (exact) mass is 516 g/mol. The van der Waals surface area contributed by atoms with Crippen molar-refractivity contribution in [3.05, 3.63) is 22.8 Å². The molecule has 0 aromatic carbocycles. The molecule has 0 amide bonds. The Hall–Kier alpha value is -1.70. The van der Waals surface area contributed by atoms with Gasteiger partial charge in [-0.3, -0.25) is 4.79 Å². The van der Waals surface area contributed by atoms with Crippen LogP contribution in [-0.2, 0) is 14.3 Å². The molecule has 37 heavy (non-hydrogen) atoms. The van der Waals surface area contributed by atoms with Crippen molar-refractivity contribution >= 4 is 11.9 Å². The van der Waals surface area contributed by atoms with Crippen molar-refractivity contribution in [2.45, 2.75) is 111 Å². The molecule has 0 radical (unpaired) electrons. The zero-order chi connectivity index (χ0) is 27.3. The molecule has 4 fully saturated rings. The van der Waals surface area contributed by atoms with Gasteiger partial charge in [0.1, 0.15) is 6.10 Å². The van der Waals surface area contributed by atoms with Gasteiger partial charge in [-0.2, -0.15) is 0 Å². The minimum Gasteiger partial charge on any atom is -0.478 e. The molecule has 208 valence electrons. The van der Waals surface area contributed by atoms with E-state index >= 15 is 0 Å². The van der Waals surface area contributed by atoms with E-state index in [9.17, 15) is 19.8 Å². The molecule has 0 spiro atoms. The molecule has 4 aliphatic rings. The lowest BCUT2D eigenvalue weighted by Gasteiger charge is -2.68. The molecule has 0 saturated heterocycles. The van der Waals surface area contributed by atoms with Gasteiger partial charge in [0.05, 0.1) is 6.10 Å². The van der Waals surface area contributed by atoms with E-state index in [2.05, 4.69) is 19.9 Å². The SMILES string of the molecule is CC(=O)O[C@H]1C[C@@]2(C)C(CC[C@H]3[C@@]4(C)CC[C@@H](O)[C@@H](N)[C@@H]4CC[C@@]32CN)/C1=C(\CCC=C(C)C)C(=O)O. The maximum Gasteiger partial charge on any atom is 0.331 e. The van der Waals surface area contributed by atoms with E-state index in [-0.39, 0.29) is 40.1 Å². The maximum atomic E-state index is 12.6. The van der Waals surface area contributed by atoms with Crippen LogP contribution in [0.5, 0.6) is 0 Å². The van der Waals surface area contributed by atoms with Gasteiger partial charge in [0.25, 0.3) is 0 Å². The summed E-state index contributed by atoms with van der Waals surface area (Å²) in [5, 5.41) is 20.9. The molecule has 7 heteroatoms. The standard InChI is InChI=1S/C30H48N2O5/c1-17(2)7-6-8-19(27(35)36)25-20-9-10-24-28(4)13-12-22(34)26(32)21(28)11-14-30(24,16-31)29(20,5)15-23(25)37-18(3)33/h7,20-24,26,34H,6,8-16,31-32H2,1-5H3,(H,35,36)/b25-19-/t20?,21-,22+,23-,24-,26-,28-,29-,30+/m0/s1. The lowest BCUT2D eigenvalue weighted by molar-refractivity contribution is -0.193. The van der Waals surface area contributed by atoms with Gasteiger partial charge in [0, 0.05) is 18.5 Å². The van der Waals surface area contributed by atoms with Crippen molar-refractivity contribution in [3.63, 3.8) is 0 Å². The Labute approximate surface area is 222 Å². The molecule has 0 aromatic rings. The molecule has 1 unspecified atom stereocenters. The topological polar surface area (TPSA) is 136 Å². The summed E-state index contributed by atoms with van der Waals surface area (Å²) < 4.78 is 5.90. The molecule has 0 aromatic heterocycles. The number of nitrogens with two attached hydrogens (primary N) is 2. The molecule has 7 nitrogen and oxygen atoms in total. The van der Waals surface area contributed by atoms with Crippen molar-refractivity contribution in [1.29, 1.82) is 0 Å². The number of hydrogen-bond acceptors (Lipinski definition) is 6. The van der Waals surface area contributed by atoms with Gasteiger partial charge >= 0.3 is 11.9 Å². The molecular formula is C30H48N2O5. The van der Waals surface area contributed by atoms with E-state index < -0.39 is 18.2 Å². The van der Waals surface area contributed by atoms with Gasteiger partial charge in [-0.25, -0.2) is 4.79 Å². The van der Waals surface area contributed by atoms with Crippen LogP contribution in [0.1, 0.15) is 92.4 Å². The van der Waals surface area contributed by atoms with Crippen LogP contribution in [0.25, 0.3) is 0 Å². The van der Waals surface area contributed by atoms with E-state index in [0.29, 0.717) is 43.7 Å². The minimum absolute atomic E-state index is 0.0115. The number of carbonyl (C=O) groups is 2. The average Bonchev–Trinajstić information content (AvgIpc) is 3.10. The summed E-state index contributed by atoms with van der Waals surface area (Å²) in [5.74, 6) is -0.692. The molecular weight excluding hydrogens is 468 g/mol. The van der Waals surface area contributed by atoms with Crippen LogP contribution in [0.3, 0.4) is 0 Å². The van der Waals surface area contributed by atoms with E-state index in [4.69, 9.17) is 16.2 Å². The summed E-state index contributed by atoms with van der Waals surface area (Å²) >= 11 is 0. The van der Waals surface area contributed by atoms with Gasteiger partial charge in [-0.1, -0.05) is 25.5 Å². The Balaban J connectivity index is 1.81. The number of allylic oxidation sites excluding steroid dienone is 2. The third kappa shape index (κ3) is 4.39. The highest BCUT2D eigenvalue weighted by atomic mass is 16.5. The fourth-order valence-electron chi connectivity index (χ4n) is 9.64. The molecule has 4 aliphatic carbocycles. The van der Waals surface area contributed by atoms with Gasteiger partial charge in [-0.15, -0.1) is 0 Å². The molecule has 0 aliphatic heterocycles. The highest BCUT2D eigenvalue weighted by Crippen LogP contribution is 2.73. The summed E-state index contributed by atoms with van der Waals surface area (Å²) in [4.78, 5) is 24.9. The van der Waals surface area contributed by atoms with Gasteiger partial charge in [-0.05, 0) is 118 Å². The largest absolute Gasteiger partial charge is 0.478 e. The van der Waals surface area contributed by atoms with Crippen LogP contribution in [-0.4, -0.2) is 46.9 Å². The van der Waals surface area contributed by atoms with Crippen LogP contribution in [0.2, 0.25) is 0 Å². The zero-order valence-corrected chi connectivity index (χ0v) is 23.4. The lowest BCUT2D eigenvalue weighted by Crippen LogP contribution is -2.67. The number of aliphatic hydroxyl groups is 1. The number of ether oxygens (including phenoxy) is 1. The van der Waals surface area contributed by atoms with Gasteiger partial charge in [0.2, 0.25) is 0 Å². The van der Waals surface area contributed by atoms with Crippen LogP contribution in [0.4, 0.5) is 0 Å². The summed E-state index contributed by atoms with van der Waals surface area (Å²) in [5.41, 5.74) is 15.2. The van der Waals surface area contributed by atoms with Crippen LogP contribution < -0.4 is 11.5 Å². The van der Waals surface area contributed by atoms with E-state index in [1.54, 1.807) is 0 Å². The number of carboxylic acid groups (broad SMARTS) is 1. The first kappa shape index (κ1) is 28.3. The fourth-order valence-corrected chi connectivity index (χ4v) is 9.64. The van der Waals surface area contributed by atoms with Crippen molar-refractivity contribution in [2.75, 3.05) is 6.54 Å². The van der Waals surface area contributed by atoms with Crippen molar-refractivity contribution in [2.24, 2.45) is 45.5 Å². The first-order valence-corrected chi connectivity index (χ1v) is 14.2. The molecule has 0 heterocycles. The smallest absolute Gasteiger partial charge is 0.331 e. The summed E-state index contributed by atoms with van der Waals surface area (Å²) in [7, 11) is 0. The lowest BCUT2D eigenvalue weighted by atomic mass is 9.37.